The monoisotopic (exact) mass is 239 g/mol. The summed E-state index contributed by atoms with van der Waals surface area (Å²) in [6, 6.07) is 6.80. The zero-order chi connectivity index (χ0) is 12.7. The van der Waals surface area contributed by atoms with Gasteiger partial charge in [-0.15, -0.1) is 0 Å². The van der Waals surface area contributed by atoms with E-state index in [1.807, 2.05) is 0 Å². The molecule has 2 N–H and O–H groups in total. The quantitative estimate of drug-likeness (QED) is 0.597. The van der Waals surface area contributed by atoms with Crippen LogP contribution in [0, 0.1) is 0 Å². The van der Waals surface area contributed by atoms with Crippen molar-refractivity contribution in [1.29, 1.82) is 0 Å². The third-order valence-corrected chi connectivity index (χ3v) is 1.97. The maximum Gasteiger partial charge on any atom is 0.344 e. The minimum atomic E-state index is -0.425. The van der Waals surface area contributed by atoms with Crippen molar-refractivity contribution in [1.82, 2.24) is 0 Å². The molecule has 1 atom stereocenters. The highest BCUT2D eigenvalue weighted by molar-refractivity contribution is 5.71. The molecule has 0 saturated heterocycles. The van der Waals surface area contributed by atoms with E-state index in [4.69, 9.17) is 19.9 Å². The Kier molecular flexibility index (Phi) is 5.29. The van der Waals surface area contributed by atoms with Gasteiger partial charge < -0.3 is 19.9 Å². The van der Waals surface area contributed by atoms with E-state index < -0.39 is 5.97 Å². The van der Waals surface area contributed by atoms with Gasteiger partial charge in [0, 0.05) is 12.8 Å². The standard InChI is InChI=1S/C12H17NO4/c1-9(7-15-2)17-12(14)8-16-11-5-3-10(13)4-6-11/h3-6,9H,7-8,13H2,1-2H3/t9-/m1/s1. The molecule has 0 amide bonds. The fourth-order valence-electron chi connectivity index (χ4n) is 1.23. The summed E-state index contributed by atoms with van der Waals surface area (Å²) >= 11 is 0. The van der Waals surface area contributed by atoms with Crippen molar-refractivity contribution >= 4 is 11.7 Å². The van der Waals surface area contributed by atoms with E-state index in [0.717, 1.165) is 0 Å². The Morgan fingerprint density at radius 1 is 1.35 bits per heavy atom. The lowest BCUT2D eigenvalue weighted by Gasteiger charge is -2.12. The molecule has 1 rings (SSSR count). The first-order valence-electron chi connectivity index (χ1n) is 5.28. The SMILES string of the molecule is COC[C@@H](C)OC(=O)COc1ccc(N)cc1. The van der Waals surface area contributed by atoms with E-state index in [2.05, 4.69) is 0 Å². The van der Waals surface area contributed by atoms with Crippen molar-refractivity contribution in [2.75, 3.05) is 26.1 Å². The minimum Gasteiger partial charge on any atom is -0.482 e. The van der Waals surface area contributed by atoms with Crippen LogP contribution in [-0.4, -0.2) is 32.4 Å². The van der Waals surface area contributed by atoms with Crippen LogP contribution in [-0.2, 0) is 14.3 Å². The molecular weight excluding hydrogens is 222 g/mol. The topological polar surface area (TPSA) is 70.8 Å². The van der Waals surface area contributed by atoms with E-state index in [9.17, 15) is 4.79 Å². The normalized spacial score (nSPS) is 11.9. The molecule has 0 aliphatic rings. The van der Waals surface area contributed by atoms with Crippen LogP contribution in [0.4, 0.5) is 5.69 Å². The molecule has 0 unspecified atom stereocenters. The van der Waals surface area contributed by atoms with Crippen molar-refractivity contribution in [3.8, 4) is 5.75 Å². The Bertz CT molecular complexity index is 350. The first-order valence-corrected chi connectivity index (χ1v) is 5.28. The number of ether oxygens (including phenoxy) is 3. The molecular formula is C12H17NO4. The van der Waals surface area contributed by atoms with Gasteiger partial charge in [0.1, 0.15) is 11.9 Å². The maximum absolute atomic E-state index is 11.3. The highest BCUT2D eigenvalue weighted by Crippen LogP contribution is 2.12. The largest absolute Gasteiger partial charge is 0.482 e. The van der Waals surface area contributed by atoms with Gasteiger partial charge in [0.15, 0.2) is 6.61 Å². The first-order chi connectivity index (χ1) is 8.11. The van der Waals surface area contributed by atoms with E-state index in [0.29, 0.717) is 18.0 Å². The molecule has 0 radical (unpaired) electrons. The summed E-state index contributed by atoms with van der Waals surface area (Å²) < 4.78 is 15.1. The summed E-state index contributed by atoms with van der Waals surface area (Å²) in [5, 5.41) is 0. The Morgan fingerprint density at radius 3 is 2.59 bits per heavy atom. The predicted octanol–water partition coefficient (Wildman–Crippen LogP) is 1.23. The van der Waals surface area contributed by atoms with Gasteiger partial charge in [-0.25, -0.2) is 4.79 Å². The van der Waals surface area contributed by atoms with E-state index in [-0.39, 0.29) is 12.7 Å². The fraction of sp³-hybridized carbons (Fsp3) is 0.417. The lowest BCUT2D eigenvalue weighted by molar-refractivity contribution is -0.152. The van der Waals surface area contributed by atoms with Gasteiger partial charge in [-0.1, -0.05) is 0 Å². The Labute approximate surface area is 100 Å². The van der Waals surface area contributed by atoms with Crippen LogP contribution in [0.25, 0.3) is 0 Å². The van der Waals surface area contributed by atoms with Gasteiger partial charge in [0.25, 0.3) is 0 Å². The Morgan fingerprint density at radius 2 is 2.00 bits per heavy atom. The highest BCUT2D eigenvalue weighted by atomic mass is 16.6. The molecule has 0 fully saturated rings. The number of nitrogens with two attached hydrogens (primary N) is 1. The highest BCUT2D eigenvalue weighted by Gasteiger charge is 2.09. The van der Waals surface area contributed by atoms with Crippen LogP contribution in [0.15, 0.2) is 24.3 Å². The molecule has 0 aromatic heterocycles. The number of anilines is 1. The van der Waals surface area contributed by atoms with Gasteiger partial charge in [-0.05, 0) is 31.2 Å². The number of esters is 1. The van der Waals surface area contributed by atoms with Crippen molar-refractivity contribution in [2.45, 2.75) is 13.0 Å². The molecule has 1 aromatic carbocycles. The van der Waals surface area contributed by atoms with E-state index >= 15 is 0 Å². The summed E-state index contributed by atoms with van der Waals surface area (Å²) in [5.41, 5.74) is 6.17. The zero-order valence-corrected chi connectivity index (χ0v) is 10.0. The van der Waals surface area contributed by atoms with E-state index in [1.54, 1.807) is 38.3 Å². The smallest absolute Gasteiger partial charge is 0.344 e. The lowest BCUT2D eigenvalue weighted by atomic mass is 10.3. The molecule has 5 heteroatoms. The Hall–Kier alpha value is -1.75. The number of nitrogen functional groups attached to an aromatic ring is 1. The summed E-state index contributed by atoms with van der Waals surface area (Å²) in [6.45, 7) is 2.00. The molecule has 94 valence electrons. The van der Waals surface area contributed by atoms with Crippen LogP contribution in [0.1, 0.15) is 6.92 Å². The second-order valence-electron chi connectivity index (χ2n) is 3.61. The molecule has 5 nitrogen and oxygen atoms in total. The lowest BCUT2D eigenvalue weighted by Crippen LogP contribution is -2.23. The van der Waals surface area contributed by atoms with Crippen LogP contribution in [0.2, 0.25) is 0 Å². The average molecular weight is 239 g/mol. The number of hydrogen-bond acceptors (Lipinski definition) is 5. The molecule has 0 bridgehead atoms. The third kappa shape index (κ3) is 5.21. The molecule has 17 heavy (non-hydrogen) atoms. The molecule has 0 saturated carbocycles. The number of methoxy groups -OCH3 is 1. The summed E-state index contributed by atoms with van der Waals surface area (Å²) in [4.78, 5) is 11.3. The van der Waals surface area contributed by atoms with Crippen LogP contribution in [0.5, 0.6) is 5.75 Å². The third-order valence-electron chi connectivity index (χ3n) is 1.97. The zero-order valence-electron chi connectivity index (χ0n) is 10.0. The first kappa shape index (κ1) is 13.3. The van der Waals surface area contributed by atoms with Gasteiger partial charge in [0.05, 0.1) is 6.61 Å². The van der Waals surface area contributed by atoms with Crippen molar-refractivity contribution in [3.05, 3.63) is 24.3 Å². The summed E-state index contributed by atoms with van der Waals surface area (Å²) in [5.74, 6) is 0.155. The second-order valence-corrected chi connectivity index (χ2v) is 3.61. The number of rotatable bonds is 6. The van der Waals surface area contributed by atoms with Crippen molar-refractivity contribution in [2.24, 2.45) is 0 Å². The van der Waals surface area contributed by atoms with E-state index in [1.165, 1.54) is 0 Å². The molecule has 1 aromatic rings. The molecule has 0 heterocycles. The fourth-order valence-corrected chi connectivity index (χ4v) is 1.23. The van der Waals surface area contributed by atoms with Crippen LogP contribution < -0.4 is 10.5 Å². The van der Waals surface area contributed by atoms with Crippen molar-refractivity contribution in [3.63, 3.8) is 0 Å². The predicted molar refractivity (Wildman–Crippen MR) is 63.8 cm³/mol. The molecule has 0 spiro atoms. The summed E-state index contributed by atoms with van der Waals surface area (Å²) in [6.07, 6.45) is -0.275. The molecule has 0 aliphatic heterocycles. The molecule has 0 aliphatic carbocycles. The van der Waals surface area contributed by atoms with Gasteiger partial charge >= 0.3 is 5.97 Å². The second kappa shape index (κ2) is 6.75. The van der Waals surface area contributed by atoms with Gasteiger partial charge in [-0.3, -0.25) is 0 Å². The maximum atomic E-state index is 11.3. The number of hydrogen-bond donors (Lipinski definition) is 1. The number of benzene rings is 1. The van der Waals surface area contributed by atoms with Gasteiger partial charge in [-0.2, -0.15) is 0 Å². The number of carbonyl (C=O) groups excluding carboxylic acids is 1. The number of carbonyl (C=O) groups is 1. The van der Waals surface area contributed by atoms with Crippen molar-refractivity contribution < 1.29 is 19.0 Å². The summed E-state index contributed by atoms with van der Waals surface area (Å²) in [7, 11) is 1.55. The average Bonchev–Trinajstić information content (AvgIpc) is 2.28. The minimum absolute atomic E-state index is 0.127. The van der Waals surface area contributed by atoms with Crippen LogP contribution in [0.3, 0.4) is 0 Å². The van der Waals surface area contributed by atoms with Crippen LogP contribution >= 0.6 is 0 Å². The van der Waals surface area contributed by atoms with Gasteiger partial charge in [0.2, 0.25) is 0 Å². The Balaban J connectivity index is 2.30.